The van der Waals surface area contributed by atoms with E-state index in [0.29, 0.717) is 6.10 Å². The number of fused-ring (bicyclic) bond motifs is 1. The van der Waals surface area contributed by atoms with Crippen LogP contribution in [0.2, 0.25) is 0 Å². The Balaban J connectivity index is 1.43. The molecule has 0 bridgehead atoms. The summed E-state index contributed by atoms with van der Waals surface area (Å²) >= 11 is 0. The first kappa shape index (κ1) is 13.6. The lowest BCUT2D eigenvalue weighted by Crippen LogP contribution is -2.32. The van der Waals surface area contributed by atoms with Gasteiger partial charge in [-0.25, -0.2) is 0 Å². The molecular formula is C19H21NO2. The van der Waals surface area contributed by atoms with Crippen molar-refractivity contribution in [2.24, 2.45) is 0 Å². The Morgan fingerprint density at radius 2 is 1.82 bits per heavy atom. The highest BCUT2D eigenvalue weighted by molar-refractivity contribution is 5.44. The monoisotopic (exact) mass is 295 g/mol. The fraction of sp³-hybridized carbons (Fsp3) is 0.368. The average Bonchev–Trinajstić information content (AvgIpc) is 3.17. The van der Waals surface area contributed by atoms with Crippen molar-refractivity contribution >= 4 is 0 Å². The van der Waals surface area contributed by atoms with E-state index in [0.717, 1.165) is 30.2 Å². The Bertz CT molecular complexity index is 635. The van der Waals surface area contributed by atoms with E-state index in [1.807, 2.05) is 42.5 Å². The average molecular weight is 295 g/mol. The molecular weight excluding hydrogens is 274 g/mol. The predicted molar refractivity (Wildman–Crippen MR) is 86.8 cm³/mol. The Morgan fingerprint density at radius 1 is 1.00 bits per heavy atom. The molecule has 0 N–H and O–H groups in total. The third-order valence-corrected chi connectivity index (χ3v) is 4.41. The predicted octanol–water partition coefficient (Wildman–Crippen LogP) is 3.88. The molecule has 2 aliphatic heterocycles. The van der Waals surface area contributed by atoms with E-state index in [1.54, 1.807) is 0 Å². The molecule has 1 unspecified atom stereocenters. The standard InChI is InChI=1S/C19H21NO2/c1-2-6-16(7-3-1)21-17-8-9-19-15(12-17)13-18(22-19)14-20-10-4-5-11-20/h1-3,6-9,12,18H,4-5,10-11,13-14H2. The molecule has 1 saturated heterocycles. The van der Waals surface area contributed by atoms with Gasteiger partial charge in [0.1, 0.15) is 23.4 Å². The van der Waals surface area contributed by atoms with Crippen molar-refractivity contribution in [1.82, 2.24) is 4.90 Å². The van der Waals surface area contributed by atoms with Crippen molar-refractivity contribution in [3.63, 3.8) is 0 Å². The van der Waals surface area contributed by atoms with Crippen LogP contribution in [0.1, 0.15) is 18.4 Å². The number of ether oxygens (including phenoxy) is 2. The largest absolute Gasteiger partial charge is 0.488 e. The molecule has 0 spiro atoms. The fourth-order valence-electron chi connectivity index (χ4n) is 3.34. The molecule has 4 rings (SSSR count). The van der Waals surface area contributed by atoms with Crippen molar-refractivity contribution < 1.29 is 9.47 Å². The molecule has 3 nitrogen and oxygen atoms in total. The minimum Gasteiger partial charge on any atom is -0.488 e. The van der Waals surface area contributed by atoms with E-state index in [2.05, 4.69) is 11.0 Å². The maximum Gasteiger partial charge on any atom is 0.127 e. The second-order valence-electron chi connectivity index (χ2n) is 6.14. The summed E-state index contributed by atoms with van der Waals surface area (Å²) in [6.45, 7) is 3.49. The van der Waals surface area contributed by atoms with Gasteiger partial charge in [0, 0.05) is 18.5 Å². The van der Waals surface area contributed by atoms with Crippen molar-refractivity contribution in [2.75, 3.05) is 19.6 Å². The Kier molecular flexibility index (Phi) is 3.73. The van der Waals surface area contributed by atoms with Crippen LogP contribution >= 0.6 is 0 Å². The van der Waals surface area contributed by atoms with Crippen molar-refractivity contribution in [3.05, 3.63) is 54.1 Å². The molecule has 0 aliphatic carbocycles. The van der Waals surface area contributed by atoms with E-state index in [1.165, 1.54) is 31.5 Å². The summed E-state index contributed by atoms with van der Waals surface area (Å²) in [6, 6.07) is 16.1. The zero-order valence-electron chi connectivity index (χ0n) is 12.7. The summed E-state index contributed by atoms with van der Waals surface area (Å²) in [7, 11) is 0. The quantitative estimate of drug-likeness (QED) is 0.854. The van der Waals surface area contributed by atoms with Crippen LogP contribution in [0, 0.1) is 0 Å². The van der Waals surface area contributed by atoms with E-state index < -0.39 is 0 Å². The minimum atomic E-state index is 0.292. The Labute approximate surface area is 131 Å². The van der Waals surface area contributed by atoms with Gasteiger partial charge in [-0.05, 0) is 56.3 Å². The number of hydrogen-bond donors (Lipinski definition) is 0. The first-order valence-electron chi connectivity index (χ1n) is 8.12. The van der Waals surface area contributed by atoms with Gasteiger partial charge in [0.25, 0.3) is 0 Å². The molecule has 0 amide bonds. The lowest BCUT2D eigenvalue weighted by Gasteiger charge is -2.19. The molecule has 0 radical (unpaired) electrons. The van der Waals surface area contributed by atoms with Gasteiger partial charge < -0.3 is 9.47 Å². The SMILES string of the molecule is c1ccc(Oc2ccc3c(c2)CC(CN2CCCC2)O3)cc1. The van der Waals surface area contributed by atoms with Gasteiger partial charge in [0.05, 0.1) is 0 Å². The summed E-state index contributed by atoms with van der Waals surface area (Å²) in [4.78, 5) is 2.51. The number of likely N-dealkylation sites (tertiary alicyclic amines) is 1. The third-order valence-electron chi connectivity index (χ3n) is 4.41. The summed E-state index contributed by atoms with van der Waals surface area (Å²) in [6.07, 6.45) is 3.93. The topological polar surface area (TPSA) is 21.7 Å². The summed E-state index contributed by atoms with van der Waals surface area (Å²) in [5.41, 5.74) is 1.26. The van der Waals surface area contributed by atoms with Crippen LogP contribution in [0.25, 0.3) is 0 Å². The van der Waals surface area contributed by atoms with Crippen LogP contribution in [0.5, 0.6) is 17.2 Å². The second-order valence-corrected chi connectivity index (χ2v) is 6.14. The number of para-hydroxylation sites is 1. The van der Waals surface area contributed by atoms with Gasteiger partial charge >= 0.3 is 0 Å². The van der Waals surface area contributed by atoms with Gasteiger partial charge in [0.2, 0.25) is 0 Å². The van der Waals surface area contributed by atoms with Crippen LogP contribution in [-0.2, 0) is 6.42 Å². The zero-order valence-corrected chi connectivity index (χ0v) is 12.7. The van der Waals surface area contributed by atoms with Gasteiger partial charge in [-0.15, -0.1) is 0 Å². The highest BCUT2D eigenvalue weighted by Crippen LogP contribution is 2.34. The lowest BCUT2D eigenvalue weighted by atomic mass is 10.1. The molecule has 0 aromatic heterocycles. The van der Waals surface area contributed by atoms with Gasteiger partial charge in [0.15, 0.2) is 0 Å². The fourth-order valence-corrected chi connectivity index (χ4v) is 3.34. The van der Waals surface area contributed by atoms with E-state index in [4.69, 9.17) is 9.47 Å². The van der Waals surface area contributed by atoms with Gasteiger partial charge in [-0.3, -0.25) is 4.90 Å². The van der Waals surface area contributed by atoms with Crippen molar-refractivity contribution in [2.45, 2.75) is 25.4 Å². The first-order chi connectivity index (χ1) is 10.9. The first-order valence-corrected chi connectivity index (χ1v) is 8.12. The Hall–Kier alpha value is -2.00. The van der Waals surface area contributed by atoms with Crippen molar-refractivity contribution in [3.8, 4) is 17.2 Å². The molecule has 1 atom stereocenters. The van der Waals surface area contributed by atoms with Crippen LogP contribution < -0.4 is 9.47 Å². The molecule has 1 fully saturated rings. The number of nitrogens with zero attached hydrogens (tertiary/aromatic N) is 1. The normalized spacial score (nSPS) is 20.6. The van der Waals surface area contributed by atoms with E-state index in [9.17, 15) is 0 Å². The summed E-state index contributed by atoms with van der Waals surface area (Å²) < 4.78 is 12.0. The maximum atomic E-state index is 6.08. The van der Waals surface area contributed by atoms with Crippen LogP contribution in [-0.4, -0.2) is 30.6 Å². The molecule has 2 aromatic carbocycles. The van der Waals surface area contributed by atoms with Gasteiger partial charge in [-0.1, -0.05) is 18.2 Å². The highest BCUT2D eigenvalue weighted by Gasteiger charge is 2.26. The zero-order chi connectivity index (χ0) is 14.8. The summed E-state index contributed by atoms with van der Waals surface area (Å²) in [5, 5.41) is 0. The number of rotatable bonds is 4. The molecule has 2 heterocycles. The molecule has 0 saturated carbocycles. The highest BCUT2D eigenvalue weighted by atomic mass is 16.5. The molecule has 3 heteroatoms. The van der Waals surface area contributed by atoms with E-state index in [-0.39, 0.29) is 0 Å². The van der Waals surface area contributed by atoms with Crippen LogP contribution in [0.4, 0.5) is 0 Å². The second kappa shape index (κ2) is 6.01. The maximum absolute atomic E-state index is 6.08. The molecule has 22 heavy (non-hydrogen) atoms. The Morgan fingerprint density at radius 3 is 2.64 bits per heavy atom. The van der Waals surface area contributed by atoms with Crippen LogP contribution in [0.3, 0.4) is 0 Å². The van der Waals surface area contributed by atoms with E-state index >= 15 is 0 Å². The van der Waals surface area contributed by atoms with Gasteiger partial charge in [-0.2, -0.15) is 0 Å². The van der Waals surface area contributed by atoms with Crippen molar-refractivity contribution in [1.29, 1.82) is 0 Å². The smallest absolute Gasteiger partial charge is 0.127 e. The number of benzene rings is 2. The molecule has 2 aromatic rings. The summed E-state index contributed by atoms with van der Waals surface area (Å²) in [5.74, 6) is 2.77. The molecule has 2 aliphatic rings. The minimum absolute atomic E-state index is 0.292. The lowest BCUT2D eigenvalue weighted by molar-refractivity contribution is 0.168. The number of hydrogen-bond acceptors (Lipinski definition) is 3. The van der Waals surface area contributed by atoms with Crippen LogP contribution in [0.15, 0.2) is 48.5 Å². The third kappa shape index (κ3) is 2.95. The molecule has 114 valence electrons.